The van der Waals surface area contributed by atoms with Crippen LogP contribution in [0, 0.1) is 0 Å². The van der Waals surface area contributed by atoms with Crippen molar-refractivity contribution in [2.24, 2.45) is 0 Å². The van der Waals surface area contributed by atoms with E-state index < -0.39 is 0 Å². The first-order chi connectivity index (χ1) is 5.38. The van der Waals surface area contributed by atoms with E-state index in [1.807, 2.05) is 6.92 Å². The quantitative estimate of drug-likeness (QED) is 0.589. The van der Waals surface area contributed by atoms with E-state index in [1.165, 1.54) is 11.2 Å². The number of hydrogen-bond acceptors (Lipinski definition) is 3. The van der Waals surface area contributed by atoms with E-state index in [4.69, 9.17) is 0 Å². The lowest BCUT2D eigenvalue weighted by Crippen LogP contribution is -2.20. The summed E-state index contributed by atoms with van der Waals surface area (Å²) < 4.78 is 0. The van der Waals surface area contributed by atoms with Crippen LogP contribution >= 0.6 is 0 Å². The Kier molecular flexibility index (Phi) is 2.54. The molecule has 4 nitrogen and oxygen atoms in total. The molecule has 0 aromatic carbocycles. The van der Waals surface area contributed by atoms with Crippen LogP contribution in [-0.4, -0.2) is 22.9 Å². The molecule has 1 rings (SSSR count). The maximum atomic E-state index is 10.4. The molecule has 0 saturated carbocycles. The predicted molar refractivity (Wildman–Crippen MR) is 41.1 cm³/mol. The van der Waals surface area contributed by atoms with E-state index in [1.54, 1.807) is 12.4 Å². The molecular formula is C7H9N3O. The average molecular weight is 151 g/mol. The first-order valence-electron chi connectivity index (χ1n) is 3.35. The molecule has 0 aliphatic carbocycles. The van der Waals surface area contributed by atoms with Crippen molar-refractivity contribution < 1.29 is 4.79 Å². The van der Waals surface area contributed by atoms with Gasteiger partial charge >= 0.3 is 0 Å². The van der Waals surface area contributed by atoms with Crippen molar-refractivity contribution in [2.75, 3.05) is 11.4 Å². The summed E-state index contributed by atoms with van der Waals surface area (Å²) in [5.74, 6) is 0. The second kappa shape index (κ2) is 3.65. The summed E-state index contributed by atoms with van der Waals surface area (Å²) in [6.07, 6.45) is 5.40. The van der Waals surface area contributed by atoms with Gasteiger partial charge in [-0.3, -0.25) is 4.79 Å². The highest BCUT2D eigenvalue weighted by atomic mass is 16.1. The molecule has 0 unspecified atom stereocenters. The molecule has 1 aromatic heterocycles. The first kappa shape index (κ1) is 7.65. The molecule has 0 aliphatic rings. The van der Waals surface area contributed by atoms with Gasteiger partial charge in [-0.25, -0.2) is 9.97 Å². The minimum Gasteiger partial charge on any atom is -0.312 e. The Morgan fingerprint density at radius 1 is 1.55 bits per heavy atom. The second-order valence-electron chi connectivity index (χ2n) is 1.99. The number of rotatable bonds is 3. The van der Waals surface area contributed by atoms with Crippen LogP contribution in [0.3, 0.4) is 0 Å². The summed E-state index contributed by atoms with van der Waals surface area (Å²) in [6, 6.07) is 0. The van der Waals surface area contributed by atoms with E-state index in [2.05, 4.69) is 9.97 Å². The van der Waals surface area contributed by atoms with Gasteiger partial charge in [-0.15, -0.1) is 0 Å². The van der Waals surface area contributed by atoms with Crippen LogP contribution in [0.4, 0.5) is 5.69 Å². The molecule has 0 aliphatic heterocycles. The predicted octanol–water partition coefficient (Wildman–Crippen LogP) is 0.459. The van der Waals surface area contributed by atoms with E-state index in [-0.39, 0.29) is 0 Å². The Hall–Kier alpha value is -1.45. The SMILES string of the molecule is CCN(C=O)c1cncnc1. The van der Waals surface area contributed by atoms with Crippen molar-refractivity contribution in [3.8, 4) is 0 Å². The Morgan fingerprint density at radius 3 is 2.64 bits per heavy atom. The number of nitrogens with zero attached hydrogens (tertiary/aromatic N) is 3. The fourth-order valence-electron chi connectivity index (χ4n) is 0.758. The molecule has 0 atom stereocenters. The zero-order chi connectivity index (χ0) is 8.10. The Labute approximate surface area is 64.9 Å². The van der Waals surface area contributed by atoms with Crippen molar-refractivity contribution >= 4 is 12.1 Å². The number of anilines is 1. The minimum atomic E-state index is 0.636. The van der Waals surface area contributed by atoms with E-state index in [0.717, 1.165) is 12.1 Å². The lowest BCUT2D eigenvalue weighted by molar-refractivity contribution is -0.107. The number of aromatic nitrogens is 2. The third-order valence-corrected chi connectivity index (χ3v) is 1.35. The van der Waals surface area contributed by atoms with Gasteiger partial charge in [0.2, 0.25) is 6.41 Å². The van der Waals surface area contributed by atoms with Crippen LogP contribution in [0.5, 0.6) is 0 Å². The number of carbonyl (C=O) groups excluding carboxylic acids is 1. The maximum Gasteiger partial charge on any atom is 0.214 e. The van der Waals surface area contributed by atoms with Gasteiger partial charge in [0.15, 0.2) is 0 Å². The van der Waals surface area contributed by atoms with Gasteiger partial charge in [0.25, 0.3) is 0 Å². The Morgan fingerprint density at radius 2 is 2.18 bits per heavy atom. The molecule has 0 fully saturated rings. The highest BCUT2D eigenvalue weighted by Crippen LogP contribution is 2.05. The third-order valence-electron chi connectivity index (χ3n) is 1.35. The summed E-state index contributed by atoms with van der Waals surface area (Å²) in [7, 11) is 0. The second-order valence-corrected chi connectivity index (χ2v) is 1.99. The normalized spacial score (nSPS) is 9.18. The van der Waals surface area contributed by atoms with Gasteiger partial charge in [-0.05, 0) is 6.92 Å². The summed E-state index contributed by atoms with van der Waals surface area (Å²) in [6.45, 7) is 2.53. The van der Waals surface area contributed by atoms with Gasteiger partial charge < -0.3 is 4.90 Å². The smallest absolute Gasteiger partial charge is 0.214 e. The monoisotopic (exact) mass is 151 g/mol. The maximum absolute atomic E-state index is 10.4. The lowest BCUT2D eigenvalue weighted by atomic mass is 10.4. The molecule has 1 amide bonds. The zero-order valence-electron chi connectivity index (χ0n) is 6.27. The van der Waals surface area contributed by atoms with Gasteiger partial charge in [0, 0.05) is 6.54 Å². The summed E-state index contributed by atoms with van der Waals surface area (Å²) in [5.41, 5.74) is 0.727. The number of carbonyl (C=O) groups is 1. The molecule has 0 radical (unpaired) electrons. The van der Waals surface area contributed by atoms with Crippen LogP contribution in [0.15, 0.2) is 18.7 Å². The average Bonchev–Trinajstić information content (AvgIpc) is 2.09. The zero-order valence-corrected chi connectivity index (χ0v) is 6.27. The van der Waals surface area contributed by atoms with Crippen molar-refractivity contribution in [3.05, 3.63) is 18.7 Å². The van der Waals surface area contributed by atoms with Crippen molar-refractivity contribution in [3.63, 3.8) is 0 Å². The molecule has 58 valence electrons. The largest absolute Gasteiger partial charge is 0.312 e. The Bertz CT molecular complexity index is 224. The third kappa shape index (κ3) is 1.73. The molecule has 0 bridgehead atoms. The van der Waals surface area contributed by atoms with Crippen molar-refractivity contribution in [2.45, 2.75) is 6.92 Å². The fourth-order valence-corrected chi connectivity index (χ4v) is 0.758. The summed E-state index contributed by atoms with van der Waals surface area (Å²) >= 11 is 0. The topological polar surface area (TPSA) is 46.1 Å². The number of amides is 1. The van der Waals surface area contributed by atoms with Gasteiger partial charge in [-0.1, -0.05) is 0 Å². The lowest BCUT2D eigenvalue weighted by Gasteiger charge is -2.12. The molecule has 0 spiro atoms. The highest BCUT2D eigenvalue weighted by Gasteiger charge is 2.00. The van der Waals surface area contributed by atoms with Gasteiger partial charge in [0.05, 0.1) is 18.1 Å². The molecule has 0 saturated heterocycles. The van der Waals surface area contributed by atoms with E-state index in [9.17, 15) is 4.79 Å². The standard InChI is InChI=1S/C7H9N3O/c1-2-10(6-11)7-3-8-5-9-4-7/h3-6H,2H2,1H3. The molecule has 1 aromatic rings. The van der Waals surface area contributed by atoms with Crippen LogP contribution in [0.2, 0.25) is 0 Å². The summed E-state index contributed by atoms with van der Waals surface area (Å²) in [4.78, 5) is 19.5. The molecular weight excluding hydrogens is 142 g/mol. The highest BCUT2D eigenvalue weighted by molar-refractivity contribution is 5.73. The van der Waals surface area contributed by atoms with Gasteiger partial charge in [0.1, 0.15) is 6.33 Å². The Balaban J connectivity index is 2.82. The summed E-state index contributed by atoms with van der Waals surface area (Å²) in [5, 5.41) is 0. The van der Waals surface area contributed by atoms with Crippen molar-refractivity contribution in [1.82, 2.24) is 9.97 Å². The van der Waals surface area contributed by atoms with Crippen molar-refractivity contribution in [1.29, 1.82) is 0 Å². The molecule has 4 heteroatoms. The van der Waals surface area contributed by atoms with E-state index >= 15 is 0 Å². The molecule has 1 heterocycles. The molecule has 0 N–H and O–H groups in total. The van der Waals surface area contributed by atoms with Crippen LogP contribution in [0.25, 0.3) is 0 Å². The van der Waals surface area contributed by atoms with Crippen LogP contribution in [-0.2, 0) is 4.79 Å². The van der Waals surface area contributed by atoms with Gasteiger partial charge in [-0.2, -0.15) is 0 Å². The fraction of sp³-hybridized carbons (Fsp3) is 0.286. The number of hydrogen-bond donors (Lipinski definition) is 0. The molecule has 11 heavy (non-hydrogen) atoms. The van der Waals surface area contributed by atoms with Crippen LogP contribution in [0.1, 0.15) is 6.92 Å². The van der Waals surface area contributed by atoms with Crippen LogP contribution < -0.4 is 4.90 Å². The van der Waals surface area contributed by atoms with E-state index in [0.29, 0.717) is 6.54 Å². The first-order valence-corrected chi connectivity index (χ1v) is 3.35. The minimum absolute atomic E-state index is 0.636.